The van der Waals surface area contributed by atoms with Gasteiger partial charge in [0.25, 0.3) is 0 Å². The van der Waals surface area contributed by atoms with Gasteiger partial charge in [-0.25, -0.2) is 0 Å². The highest BCUT2D eigenvalue weighted by Gasteiger charge is 2.27. The zero-order valence-corrected chi connectivity index (χ0v) is 16.6. The van der Waals surface area contributed by atoms with E-state index in [0.717, 1.165) is 45.5 Å². The maximum Gasteiger partial charge on any atom is 0.220 e. The summed E-state index contributed by atoms with van der Waals surface area (Å²) < 4.78 is 6.21. The van der Waals surface area contributed by atoms with E-state index in [1.165, 1.54) is 0 Å². The number of hydrogen-bond acceptors (Lipinski definition) is 3. The number of thioether (sulfide) groups is 1. The van der Waals surface area contributed by atoms with Gasteiger partial charge in [0.05, 0.1) is 6.54 Å². The van der Waals surface area contributed by atoms with Crippen molar-refractivity contribution in [3.63, 3.8) is 0 Å². The number of amides is 1. The van der Waals surface area contributed by atoms with E-state index in [-0.39, 0.29) is 12.0 Å². The summed E-state index contributed by atoms with van der Waals surface area (Å²) in [6.45, 7) is 0.510. The summed E-state index contributed by atoms with van der Waals surface area (Å²) in [6.07, 6.45) is 5.15. The van der Waals surface area contributed by atoms with Gasteiger partial charge in [-0.15, -0.1) is 0 Å². The van der Waals surface area contributed by atoms with Crippen molar-refractivity contribution < 1.29 is 9.53 Å². The summed E-state index contributed by atoms with van der Waals surface area (Å²) in [5.74, 6) is 1.77. The van der Waals surface area contributed by atoms with E-state index in [1.54, 1.807) is 11.8 Å². The summed E-state index contributed by atoms with van der Waals surface area (Å²) in [6, 6.07) is 12.2. The summed E-state index contributed by atoms with van der Waals surface area (Å²) in [7, 11) is 0. The van der Waals surface area contributed by atoms with Crippen molar-refractivity contribution in [1.29, 1.82) is 0 Å². The van der Waals surface area contributed by atoms with Crippen LogP contribution in [-0.2, 0) is 11.2 Å². The number of halogens is 1. The Balaban J connectivity index is 1.55. The lowest BCUT2D eigenvalue weighted by atomic mass is 9.99. The van der Waals surface area contributed by atoms with Crippen LogP contribution in [-0.4, -0.2) is 35.5 Å². The number of ether oxygens (including phenoxy) is 1. The standard InChI is InChI=1S/C21H21ClN2O2S/c1-27-7-5-20(25)24-12-17-10-15-9-16(22)11-18(21(15)26-17)13-2-3-19-14(8-13)4-6-23-19/h2-4,6,8-9,11,17,23H,5,7,10,12H2,1H3,(H,24,25)/t17-/m0/s1. The Kier molecular flexibility index (Phi) is 5.32. The summed E-state index contributed by atoms with van der Waals surface area (Å²) in [4.78, 5) is 15.1. The number of aromatic amines is 1. The van der Waals surface area contributed by atoms with Gasteiger partial charge in [-0.1, -0.05) is 17.7 Å². The molecule has 2 N–H and O–H groups in total. The molecule has 1 amide bonds. The van der Waals surface area contributed by atoms with Gasteiger partial charge in [-0.2, -0.15) is 11.8 Å². The Morgan fingerprint density at radius 2 is 2.22 bits per heavy atom. The van der Waals surface area contributed by atoms with Crippen LogP contribution in [0.1, 0.15) is 12.0 Å². The van der Waals surface area contributed by atoms with Gasteiger partial charge in [0.1, 0.15) is 11.9 Å². The van der Waals surface area contributed by atoms with Gasteiger partial charge < -0.3 is 15.0 Å². The maximum atomic E-state index is 11.9. The van der Waals surface area contributed by atoms with Crippen molar-refractivity contribution in [2.75, 3.05) is 18.6 Å². The number of hydrogen-bond donors (Lipinski definition) is 2. The number of nitrogens with one attached hydrogen (secondary N) is 2. The smallest absolute Gasteiger partial charge is 0.220 e. The molecule has 1 aliphatic heterocycles. The Labute approximate surface area is 167 Å². The zero-order chi connectivity index (χ0) is 18.8. The summed E-state index contributed by atoms with van der Waals surface area (Å²) in [5, 5.41) is 4.82. The molecule has 0 saturated heterocycles. The Morgan fingerprint density at radius 1 is 1.33 bits per heavy atom. The van der Waals surface area contributed by atoms with Gasteiger partial charge in [0.2, 0.25) is 5.91 Å². The summed E-state index contributed by atoms with van der Waals surface area (Å²) >= 11 is 8.05. The van der Waals surface area contributed by atoms with E-state index in [2.05, 4.69) is 34.6 Å². The van der Waals surface area contributed by atoms with Gasteiger partial charge in [-0.05, 0) is 47.5 Å². The normalized spacial score (nSPS) is 15.6. The predicted octanol–water partition coefficient (Wildman–Crippen LogP) is 4.66. The molecule has 0 aliphatic carbocycles. The van der Waals surface area contributed by atoms with Crippen molar-refractivity contribution in [3.05, 3.63) is 53.2 Å². The molecule has 0 bridgehead atoms. The number of aromatic nitrogens is 1. The van der Waals surface area contributed by atoms with E-state index in [1.807, 2.05) is 24.6 Å². The molecule has 0 spiro atoms. The van der Waals surface area contributed by atoms with Gasteiger partial charge in [-0.3, -0.25) is 4.79 Å². The molecule has 0 saturated carbocycles. The van der Waals surface area contributed by atoms with E-state index in [4.69, 9.17) is 16.3 Å². The van der Waals surface area contributed by atoms with Crippen LogP contribution in [0.5, 0.6) is 5.75 Å². The zero-order valence-electron chi connectivity index (χ0n) is 15.0. The molecule has 0 fully saturated rings. The van der Waals surface area contributed by atoms with E-state index >= 15 is 0 Å². The Morgan fingerprint density at radius 3 is 3.07 bits per heavy atom. The highest BCUT2D eigenvalue weighted by molar-refractivity contribution is 7.98. The fraction of sp³-hybridized carbons (Fsp3) is 0.286. The maximum absolute atomic E-state index is 11.9. The fourth-order valence-corrected chi connectivity index (χ4v) is 4.08. The van der Waals surface area contributed by atoms with Crippen molar-refractivity contribution in [2.24, 2.45) is 0 Å². The van der Waals surface area contributed by atoms with Crippen LogP contribution in [0.3, 0.4) is 0 Å². The number of benzene rings is 2. The predicted molar refractivity (Wildman–Crippen MR) is 113 cm³/mol. The monoisotopic (exact) mass is 400 g/mol. The van der Waals surface area contributed by atoms with Crippen LogP contribution in [0.4, 0.5) is 0 Å². The first-order chi connectivity index (χ1) is 13.1. The average Bonchev–Trinajstić information content (AvgIpc) is 3.29. The Hall–Kier alpha value is -2.11. The van der Waals surface area contributed by atoms with Crippen LogP contribution in [0.2, 0.25) is 5.02 Å². The molecule has 3 aromatic rings. The third-order valence-electron chi connectivity index (χ3n) is 4.79. The first-order valence-corrected chi connectivity index (χ1v) is 10.7. The SMILES string of the molecule is CSCCC(=O)NC[C@@H]1Cc2cc(Cl)cc(-c3ccc4[nH]ccc4c3)c2O1. The lowest BCUT2D eigenvalue weighted by Crippen LogP contribution is -2.34. The number of carbonyl (C=O) groups excluding carboxylic acids is 1. The average molecular weight is 401 g/mol. The third kappa shape index (κ3) is 3.94. The molecule has 4 rings (SSSR count). The van der Waals surface area contributed by atoms with Crippen LogP contribution < -0.4 is 10.1 Å². The lowest BCUT2D eigenvalue weighted by Gasteiger charge is -2.14. The molecule has 6 heteroatoms. The topological polar surface area (TPSA) is 54.1 Å². The molecule has 2 aromatic carbocycles. The van der Waals surface area contributed by atoms with Gasteiger partial charge in [0.15, 0.2) is 0 Å². The first-order valence-electron chi connectivity index (χ1n) is 8.96. The van der Waals surface area contributed by atoms with Crippen LogP contribution in [0.25, 0.3) is 22.0 Å². The van der Waals surface area contributed by atoms with Crippen LogP contribution >= 0.6 is 23.4 Å². The molecule has 2 heterocycles. The largest absolute Gasteiger partial charge is 0.487 e. The van der Waals surface area contributed by atoms with Gasteiger partial charge >= 0.3 is 0 Å². The minimum Gasteiger partial charge on any atom is -0.487 e. The second-order valence-electron chi connectivity index (χ2n) is 6.71. The van der Waals surface area contributed by atoms with Crippen molar-refractivity contribution in [3.8, 4) is 16.9 Å². The van der Waals surface area contributed by atoms with E-state index in [9.17, 15) is 4.79 Å². The molecule has 27 heavy (non-hydrogen) atoms. The van der Waals surface area contributed by atoms with Crippen LogP contribution in [0, 0.1) is 0 Å². The highest BCUT2D eigenvalue weighted by Crippen LogP contribution is 2.41. The minimum atomic E-state index is -0.0635. The second-order valence-corrected chi connectivity index (χ2v) is 8.13. The molecule has 0 radical (unpaired) electrons. The minimum absolute atomic E-state index is 0.0635. The Bertz CT molecular complexity index is 985. The third-order valence-corrected chi connectivity index (χ3v) is 5.62. The summed E-state index contributed by atoms with van der Waals surface area (Å²) in [5.41, 5.74) is 4.27. The second kappa shape index (κ2) is 7.87. The number of carbonyl (C=O) groups is 1. The quantitative estimate of drug-likeness (QED) is 0.632. The lowest BCUT2D eigenvalue weighted by molar-refractivity contribution is -0.121. The van der Waals surface area contributed by atoms with Crippen LogP contribution in [0.15, 0.2) is 42.6 Å². The molecule has 4 nitrogen and oxygen atoms in total. The van der Waals surface area contributed by atoms with E-state index < -0.39 is 0 Å². The van der Waals surface area contributed by atoms with Gasteiger partial charge in [0, 0.05) is 46.5 Å². The fourth-order valence-electron chi connectivity index (χ4n) is 3.45. The number of rotatable bonds is 6. The molecule has 1 atom stereocenters. The molecular formula is C21H21ClN2O2S. The van der Waals surface area contributed by atoms with Crippen molar-refractivity contribution in [2.45, 2.75) is 18.9 Å². The molecular weight excluding hydrogens is 380 g/mol. The van der Waals surface area contributed by atoms with Crippen molar-refractivity contribution >= 4 is 40.2 Å². The molecule has 1 aliphatic rings. The molecule has 140 valence electrons. The van der Waals surface area contributed by atoms with E-state index in [0.29, 0.717) is 18.0 Å². The first kappa shape index (κ1) is 18.3. The highest BCUT2D eigenvalue weighted by atomic mass is 35.5. The van der Waals surface area contributed by atoms with Crippen molar-refractivity contribution in [1.82, 2.24) is 10.3 Å². The number of fused-ring (bicyclic) bond motifs is 2. The molecule has 1 aromatic heterocycles. The number of H-pyrrole nitrogens is 1. The molecule has 0 unspecified atom stereocenters.